The van der Waals surface area contributed by atoms with Crippen LogP contribution in [0.25, 0.3) is 10.2 Å². The first-order chi connectivity index (χ1) is 14.9. The third kappa shape index (κ3) is 6.79. The van der Waals surface area contributed by atoms with Crippen molar-refractivity contribution in [2.24, 2.45) is 0 Å². The lowest BCUT2D eigenvalue weighted by Gasteiger charge is -2.21. The first-order valence-electron chi connectivity index (χ1n) is 10.0. The molecule has 31 heavy (non-hydrogen) atoms. The van der Waals surface area contributed by atoms with Crippen LogP contribution in [0.1, 0.15) is 20.3 Å². The van der Waals surface area contributed by atoms with Crippen LogP contribution in [0, 0.1) is 0 Å². The summed E-state index contributed by atoms with van der Waals surface area (Å²) in [5, 5.41) is 6.87. The Kier molecular flexibility index (Phi) is 8.51. The molecule has 0 radical (unpaired) electrons. The molecule has 2 atom stereocenters. The normalized spacial score (nSPS) is 14.2. The molecule has 1 aromatic heterocycles. The lowest BCUT2D eigenvalue weighted by molar-refractivity contribution is -0.118. The van der Waals surface area contributed by atoms with E-state index in [2.05, 4.69) is 15.6 Å². The molecule has 0 saturated heterocycles. The molecule has 7 nitrogen and oxygen atoms in total. The van der Waals surface area contributed by atoms with Gasteiger partial charge in [-0.05, 0) is 49.7 Å². The fourth-order valence-electron chi connectivity index (χ4n) is 2.90. The van der Waals surface area contributed by atoms with Crippen LogP contribution in [-0.2, 0) is 13.9 Å². The Morgan fingerprint density at radius 3 is 2.65 bits per heavy atom. The monoisotopic (exact) mass is 479 g/mol. The van der Waals surface area contributed by atoms with Crippen LogP contribution < -0.4 is 10.6 Å². The Bertz CT molecular complexity index is 1030. The van der Waals surface area contributed by atoms with Crippen molar-refractivity contribution < 1.29 is 18.8 Å². The van der Waals surface area contributed by atoms with Crippen molar-refractivity contribution in [2.45, 2.75) is 30.8 Å². The number of hydrogen-bond acceptors (Lipinski definition) is 7. The van der Waals surface area contributed by atoms with Gasteiger partial charge in [0.15, 0.2) is 5.13 Å². The Morgan fingerprint density at radius 1 is 1.23 bits per heavy atom. The standard InChI is InChI=1S/C21H26N3O4PS2/c1-3-16(29(26,27)28-4-2)13-22-20(25)14-30-17-11-9-15(10-12-17)23-21-24-18-7-5-6-8-19(18)31-21/h5-12,16H,3-4,13-14H2,1-2H3,(H,22,25)(H,23,24)(H,26,27). The molecule has 166 valence electrons. The highest BCUT2D eigenvalue weighted by Gasteiger charge is 2.30. The Morgan fingerprint density at radius 2 is 1.97 bits per heavy atom. The zero-order valence-electron chi connectivity index (χ0n) is 17.4. The van der Waals surface area contributed by atoms with E-state index < -0.39 is 13.3 Å². The summed E-state index contributed by atoms with van der Waals surface area (Å²) in [6.07, 6.45) is 0.449. The van der Waals surface area contributed by atoms with Gasteiger partial charge in [-0.2, -0.15) is 0 Å². The lowest BCUT2D eigenvalue weighted by atomic mass is 10.3. The van der Waals surface area contributed by atoms with Gasteiger partial charge in [-0.15, -0.1) is 11.8 Å². The predicted molar refractivity (Wildman–Crippen MR) is 129 cm³/mol. The maximum absolute atomic E-state index is 12.2. The third-order valence-electron chi connectivity index (χ3n) is 4.55. The number of aromatic nitrogens is 1. The predicted octanol–water partition coefficient (Wildman–Crippen LogP) is 5.25. The Hall–Kier alpha value is -1.90. The highest BCUT2D eigenvalue weighted by atomic mass is 32.2. The number of hydrogen-bond donors (Lipinski definition) is 3. The number of nitrogens with zero attached hydrogens (tertiary/aromatic N) is 1. The molecule has 0 aliphatic carbocycles. The van der Waals surface area contributed by atoms with Gasteiger partial charge in [0.25, 0.3) is 0 Å². The van der Waals surface area contributed by atoms with Gasteiger partial charge < -0.3 is 20.1 Å². The van der Waals surface area contributed by atoms with Crippen LogP contribution in [0.2, 0.25) is 0 Å². The Balaban J connectivity index is 1.47. The average Bonchev–Trinajstić information content (AvgIpc) is 3.15. The molecule has 0 saturated carbocycles. The van der Waals surface area contributed by atoms with Gasteiger partial charge in [0.1, 0.15) is 0 Å². The van der Waals surface area contributed by atoms with Gasteiger partial charge in [-0.1, -0.05) is 30.4 Å². The summed E-state index contributed by atoms with van der Waals surface area (Å²) in [6, 6.07) is 15.8. The minimum absolute atomic E-state index is 0.120. The summed E-state index contributed by atoms with van der Waals surface area (Å²) >= 11 is 3.01. The summed E-state index contributed by atoms with van der Waals surface area (Å²) in [6.45, 7) is 3.76. The Labute approximate surface area is 190 Å². The fourth-order valence-corrected chi connectivity index (χ4v) is 5.87. The van der Waals surface area contributed by atoms with Crippen molar-refractivity contribution in [3.05, 3.63) is 48.5 Å². The van der Waals surface area contributed by atoms with E-state index in [1.54, 1.807) is 25.2 Å². The second-order valence-electron chi connectivity index (χ2n) is 6.77. The van der Waals surface area contributed by atoms with Crippen LogP contribution in [0.4, 0.5) is 10.8 Å². The van der Waals surface area contributed by atoms with Crippen molar-refractivity contribution in [2.75, 3.05) is 24.2 Å². The molecule has 3 rings (SSSR count). The molecule has 0 aliphatic heterocycles. The minimum Gasteiger partial charge on any atom is -0.354 e. The number of para-hydroxylation sites is 1. The number of anilines is 2. The molecular weight excluding hydrogens is 453 g/mol. The van der Waals surface area contributed by atoms with E-state index >= 15 is 0 Å². The number of fused-ring (bicyclic) bond motifs is 1. The topological polar surface area (TPSA) is 101 Å². The van der Waals surface area contributed by atoms with E-state index in [1.807, 2.05) is 48.5 Å². The second kappa shape index (κ2) is 11.1. The third-order valence-corrected chi connectivity index (χ3v) is 8.61. The number of carbonyl (C=O) groups excluding carboxylic acids is 1. The summed E-state index contributed by atoms with van der Waals surface area (Å²) < 4.78 is 18.2. The number of nitrogens with one attached hydrogen (secondary N) is 2. The molecule has 2 aromatic carbocycles. The molecule has 1 heterocycles. The number of amides is 1. The average molecular weight is 480 g/mol. The molecular formula is C21H26N3O4PS2. The molecule has 10 heteroatoms. The SMILES string of the molecule is CCOP(=O)(O)C(CC)CNC(=O)CSc1ccc(Nc2nc3ccccc3s2)cc1. The maximum Gasteiger partial charge on any atom is 0.332 e. The zero-order valence-corrected chi connectivity index (χ0v) is 19.9. The molecule has 0 fully saturated rings. The van der Waals surface area contributed by atoms with Gasteiger partial charge in [0, 0.05) is 17.1 Å². The quantitative estimate of drug-likeness (QED) is 0.255. The highest BCUT2D eigenvalue weighted by molar-refractivity contribution is 8.00. The van der Waals surface area contributed by atoms with Gasteiger partial charge in [-0.25, -0.2) is 4.98 Å². The van der Waals surface area contributed by atoms with E-state index in [1.165, 1.54) is 11.8 Å². The highest BCUT2D eigenvalue weighted by Crippen LogP contribution is 2.48. The first-order valence-corrected chi connectivity index (χ1v) is 13.4. The van der Waals surface area contributed by atoms with Crippen molar-refractivity contribution in [3.63, 3.8) is 0 Å². The molecule has 0 bridgehead atoms. The van der Waals surface area contributed by atoms with Crippen molar-refractivity contribution in [1.29, 1.82) is 0 Å². The summed E-state index contributed by atoms with van der Waals surface area (Å²) in [7, 11) is -3.71. The molecule has 0 spiro atoms. The number of thiazole rings is 1. The summed E-state index contributed by atoms with van der Waals surface area (Å²) in [4.78, 5) is 27.6. The number of benzene rings is 2. The lowest BCUT2D eigenvalue weighted by Crippen LogP contribution is -2.33. The second-order valence-corrected chi connectivity index (χ2v) is 11.0. The summed E-state index contributed by atoms with van der Waals surface area (Å²) in [5.74, 6) is 0.0439. The van der Waals surface area contributed by atoms with Crippen LogP contribution in [0.5, 0.6) is 0 Å². The van der Waals surface area contributed by atoms with Crippen LogP contribution in [0.3, 0.4) is 0 Å². The zero-order chi connectivity index (χ0) is 22.3. The van der Waals surface area contributed by atoms with Crippen LogP contribution in [-0.4, -0.2) is 40.3 Å². The van der Waals surface area contributed by atoms with Crippen LogP contribution in [0.15, 0.2) is 53.4 Å². The van der Waals surface area contributed by atoms with Crippen molar-refractivity contribution in [3.8, 4) is 0 Å². The van der Waals surface area contributed by atoms with Gasteiger partial charge in [0.2, 0.25) is 5.91 Å². The van der Waals surface area contributed by atoms with Crippen molar-refractivity contribution in [1.82, 2.24) is 10.3 Å². The first kappa shape index (κ1) is 23.8. The van der Waals surface area contributed by atoms with E-state index in [-0.39, 0.29) is 24.8 Å². The van der Waals surface area contributed by atoms with E-state index in [0.717, 1.165) is 25.9 Å². The van der Waals surface area contributed by atoms with Gasteiger partial charge in [0.05, 0.1) is 28.2 Å². The van der Waals surface area contributed by atoms with E-state index in [9.17, 15) is 14.3 Å². The molecule has 3 N–H and O–H groups in total. The molecule has 3 aromatic rings. The van der Waals surface area contributed by atoms with Gasteiger partial charge >= 0.3 is 7.60 Å². The van der Waals surface area contributed by atoms with Crippen LogP contribution >= 0.6 is 30.7 Å². The minimum atomic E-state index is -3.71. The molecule has 2 unspecified atom stereocenters. The smallest absolute Gasteiger partial charge is 0.332 e. The van der Waals surface area contributed by atoms with Crippen molar-refractivity contribution >= 4 is 57.6 Å². The largest absolute Gasteiger partial charge is 0.354 e. The van der Waals surface area contributed by atoms with E-state index in [4.69, 9.17) is 4.52 Å². The summed E-state index contributed by atoms with van der Waals surface area (Å²) in [5.41, 5.74) is 1.29. The number of carbonyl (C=O) groups is 1. The number of rotatable bonds is 11. The molecule has 1 amide bonds. The fraction of sp³-hybridized carbons (Fsp3) is 0.333. The number of thioether (sulfide) groups is 1. The maximum atomic E-state index is 12.2. The molecule has 0 aliphatic rings. The van der Waals surface area contributed by atoms with Gasteiger partial charge in [-0.3, -0.25) is 9.36 Å². The van der Waals surface area contributed by atoms with E-state index in [0.29, 0.717) is 6.42 Å².